The van der Waals surface area contributed by atoms with Gasteiger partial charge in [-0.1, -0.05) is 41.1 Å². The molecule has 4 aromatic rings. The van der Waals surface area contributed by atoms with E-state index in [-0.39, 0.29) is 22.6 Å². The topological polar surface area (TPSA) is 99.9 Å². The second kappa shape index (κ2) is 9.51. The van der Waals surface area contributed by atoms with Crippen LogP contribution in [0.1, 0.15) is 30.7 Å². The van der Waals surface area contributed by atoms with Gasteiger partial charge in [-0.05, 0) is 48.4 Å². The number of halogens is 1. The maximum atomic E-state index is 12.9. The Labute approximate surface area is 196 Å². The average molecular weight is 484 g/mol. The van der Waals surface area contributed by atoms with Gasteiger partial charge in [0, 0.05) is 18.4 Å². The van der Waals surface area contributed by atoms with Crippen molar-refractivity contribution >= 4 is 39.9 Å². The van der Waals surface area contributed by atoms with Gasteiger partial charge in [0.1, 0.15) is 5.69 Å². The summed E-state index contributed by atoms with van der Waals surface area (Å²) in [6.07, 6.45) is 1.88. The first-order chi connectivity index (χ1) is 15.8. The van der Waals surface area contributed by atoms with E-state index in [1.165, 1.54) is 6.92 Å². The third-order valence-electron chi connectivity index (χ3n) is 4.55. The Morgan fingerprint density at radius 3 is 2.61 bits per heavy atom. The molecule has 0 aliphatic heterocycles. The Kier molecular flexibility index (Phi) is 6.52. The third kappa shape index (κ3) is 5.10. The SMILES string of the molecule is CCOc1cc(C=c2sc3nc(=O)c(Cc4ccc(Cl)cc4)nn3c2=O)ccc1OC(C)=O. The molecule has 33 heavy (non-hydrogen) atoms. The van der Waals surface area contributed by atoms with Crippen LogP contribution < -0.4 is 25.1 Å². The van der Waals surface area contributed by atoms with Crippen molar-refractivity contribution in [3.8, 4) is 11.5 Å². The maximum Gasteiger partial charge on any atom is 0.308 e. The standard InChI is InChI=1S/C23H18ClN3O5S/c1-3-31-19-11-15(6-9-18(19)32-13(2)28)12-20-22(30)27-23(33-20)25-21(29)17(26-27)10-14-4-7-16(24)8-5-14/h4-9,11-12H,3,10H2,1-2H3. The van der Waals surface area contributed by atoms with E-state index in [0.717, 1.165) is 21.4 Å². The number of aromatic nitrogens is 3. The molecular formula is C23H18ClN3O5S. The van der Waals surface area contributed by atoms with E-state index in [9.17, 15) is 14.4 Å². The quantitative estimate of drug-likeness (QED) is 0.307. The number of rotatable bonds is 6. The molecule has 10 heteroatoms. The number of nitrogens with zero attached hydrogens (tertiary/aromatic N) is 3. The van der Waals surface area contributed by atoms with Gasteiger partial charge in [-0.2, -0.15) is 14.6 Å². The molecule has 0 N–H and O–H groups in total. The lowest BCUT2D eigenvalue weighted by Crippen LogP contribution is -2.28. The molecule has 0 aliphatic carbocycles. The summed E-state index contributed by atoms with van der Waals surface area (Å²) in [5.41, 5.74) is 0.781. The lowest BCUT2D eigenvalue weighted by atomic mass is 10.1. The number of esters is 1. The number of fused-ring (bicyclic) bond motifs is 1. The number of hydrogen-bond donors (Lipinski definition) is 0. The fraction of sp³-hybridized carbons (Fsp3) is 0.174. The van der Waals surface area contributed by atoms with Crippen molar-refractivity contribution in [3.05, 3.63) is 89.5 Å². The summed E-state index contributed by atoms with van der Waals surface area (Å²) < 4.78 is 12.2. The van der Waals surface area contributed by atoms with Crippen LogP contribution in [0.4, 0.5) is 0 Å². The molecule has 0 unspecified atom stereocenters. The number of hydrogen-bond acceptors (Lipinski definition) is 8. The summed E-state index contributed by atoms with van der Waals surface area (Å²) in [4.78, 5) is 40.9. The highest BCUT2D eigenvalue weighted by Gasteiger charge is 2.13. The Balaban J connectivity index is 1.74. The molecule has 4 rings (SSSR count). The second-order valence-electron chi connectivity index (χ2n) is 7.01. The molecule has 0 bridgehead atoms. The van der Waals surface area contributed by atoms with Crippen molar-refractivity contribution in [1.29, 1.82) is 0 Å². The van der Waals surface area contributed by atoms with Gasteiger partial charge in [0.15, 0.2) is 11.5 Å². The van der Waals surface area contributed by atoms with Crippen LogP contribution in [0.25, 0.3) is 11.0 Å². The molecule has 168 valence electrons. The summed E-state index contributed by atoms with van der Waals surface area (Å²) in [5.74, 6) is 0.210. The molecule has 0 saturated carbocycles. The Hall–Kier alpha value is -3.56. The maximum absolute atomic E-state index is 12.9. The van der Waals surface area contributed by atoms with E-state index in [4.69, 9.17) is 21.1 Å². The van der Waals surface area contributed by atoms with Crippen molar-refractivity contribution < 1.29 is 14.3 Å². The summed E-state index contributed by atoms with van der Waals surface area (Å²) >= 11 is 6.97. The number of ether oxygens (including phenoxy) is 2. The van der Waals surface area contributed by atoms with Gasteiger partial charge in [-0.15, -0.1) is 0 Å². The van der Waals surface area contributed by atoms with Crippen LogP contribution in [0.3, 0.4) is 0 Å². The first-order valence-electron chi connectivity index (χ1n) is 9.98. The van der Waals surface area contributed by atoms with Gasteiger partial charge in [0.05, 0.1) is 11.1 Å². The van der Waals surface area contributed by atoms with E-state index in [2.05, 4.69) is 10.1 Å². The molecule has 0 amide bonds. The molecule has 0 aliphatic rings. The van der Waals surface area contributed by atoms with E-state index in [1.807, 2.05) is 6.92 Å². The average Bonchev–Trinajstić information content (AvgIpc) is 3.06. The fourth-order valence-electron chi connectivity index (χ4n) is 3.12. The zero-order valence-electron chi connectivity index (χ0n) is 17.7. The predicted molar refractivity (Wildman–Crippen MR) is 125 cm³/mol. The molecular weight excluding hydrogens is 466 g/mol. The molecule has 2 aromatic carbocycles. The van der Waals surface area contributed by atoms with Crippen molar-refractivity contribution in [2.24, 2.45) is 0 Å². The largest absolute Gasteiger partial charge is 0.490 e. The highest BCUT2D eigenvalue weighted by atomic mass is 35.5. The van der Waals surface area contributed by atoms with Crippen LogP contribution in [-0.4, -0.2) is 27.2 Å². The van der Waals surface area contributed by atoms with Crippen molar-refractivity contribution in [1.82, 2.24) is 14.6 Å². The molecule has 0 atom stereocenters. The molecule has 0 saturated heterocycles. The highest BCUT2D eigenvalue weighted by molar-refractivity contribution is 7.15. The van der Waals surface area contributed by atoms with E-state index >= 15 is 0 Å². The minimum Gasteiger partial charge on any atom is -0.490 e. The van der Waals surface area contributed by atoms with Crippen molar-refractivity contribution in [3.63, 3.8) is 0 Å². The minimum atomic E-state index is -0.484. The number of carbonyl (C=O) groups is 1. The summed E-state index contributed by atoms with van der Waals surface area (Å²) in [5, 5.41) is 4.84. The number of benzene rings is 2. The lowest BCUT2D eigenvalue weighted by Gasteiger charge is -2.10. The summed E-state index contributed by atoms with van der Waals surface area (Å²) in [6, 6.07) is 12.0. The van der Waals surface area contributed by atoms with Gasteiger partial charge >= 0.3 is 5.97 Å². The molecule has 2 heterocycles. The van der Waals surface area contributed by atoms with Crippen LogP contribution in [0.5, 0.6) is 11.5 Å². The highest BCUT2D eigenvalue weighted by Crippen LogP contribution is 2.29. The Bertz CT molecular complexity index is 1510. The van der Waals surface area contributed by atoms with Crippen LogP contribution in [0.2, 0.25) is 5.02 Å². The van der Waals surface area contributed by atoms with Crippen LogP contribution in [-0.2, 0) is 11.2 Å². The van der Waals surface area contributed by atoms with Crippen LogP contribution in [0.15, 0.2) is 52.1 Å². The van der Waals surface area contributed by atoms with Gasteiger partial charge in [0.2, 0.25) is 4.96 Å². The summed E-state index contributed by atoms with van der Waals surface area (Å²) in [7, 11) is 0. The number of carbonyl (C=O) groups excluding carboxylic acids is 1. The first-order valence-corrected chi connectivity index (χ1v) is 11.2. The molecule has 0 spiro atoms. The smallest absolute Gasteiger partial charge is 0.308 e. The number of thiazole rings is 1. The van der Waals surface area contributed by atoms with Gasteiger partial charge in [0.25, 0.3) is 11.1 Å². The van der Waals surface area contributed by atoms with E-state index < -0.39 is 11.5 Å². The fourth-order valence-corrected chi connectivity index (χ4v) is 4.15. The molecule has 0 fully saturated rings. The van der Waals surface area contributed by atoms with Gasteiger partial charge < -0.3 is 9.47 Å². The van der Waals surface area contributed by atoms with E-state index in [1.54, 1.807) is 48.5 Å². The normalized spacial score (nSPS) is 11.7. The van der Waals surface area contributed by atoms with Crippen molar-refractivity contribution in [2.45, 2.75) is 20.3 Å². The zero-order valence-corrected chi connectivity index (χ0v) is 19.3. The minimum absolute atomic E-state index is 0.167. The Morgan fingerprint density at radius 2 is 1.91 bits per heavy atom. The lowest BCUT2D eigenvalue weighted by molar-refractivity contribution is -0.132. The second-order valence-corrected chi connectivity index (χ2v) is 8.46. The molecule has 8 nitrogen and oxygen atoms in total. The zero-order chi connectivity index (χ0) is 23.5. The Morgan fingerprint density at radius 1 is 1.15 bits per heavy atom. The van der Waals surface area contributed by atoms with Crippen LogP contribution >= 0.6 is 22.9 Å². The molecule has 2 aromatic heterocycles. The third-order valence-corrected chi connectivity index (χ3v) is 5.77. The van der Waals surface area contributed by atoms with Gasteiger partial charge in [-0.25, -0.2) is 0 Å². The van der Waals surface area contributed by atoms with Gasteiger partial charge in [-0.3, -0.25) is 14.4 Å². The predicted octanol–water partition coefficient (Wildman–Crippen LogP) is 2.63. The summed E-state index contributed by atoms with van der Waals surface area (Å²) in [6.45, 7) is 3.49. The van der Waals surface area contributed by atoms with Crippen LogP contribution in [0, 0.1) is 0 Å². The first kappa shape index (κ1) is 22.6. The molecule has 0 radical (unpaired) electrons. The van der Waals surface area contributed by atoms with Crippen molar-refractivity contribution in [2.75, 3.05) is 6.61 Å². The monoisotopic (exact) mass is 483 g/mol. The van der Waals surface area contributed by atoms with E-state index in [0.29, 0.717) is 33.2 Å².